The zero-order chi connectivity index (χ0) is 18.3. The average Bonchev–Trinajstić information content (AvgIpc) is 3.03. The molecule has 2 aromatic carbocycles. The van der Waals surface area contributed by atoms with E-state index in [-0.39, 0.29) is 16.8 Å². The molecule has 2 heterocycles. The van der Waals surface area contributed by atoms with Gasteiger partial charge in [-0.3, -0.25) is 14.2 Å². The summed E-state index contributed by atoms with van der Waals surface area (Å²) in [5, 5.41) is 1.18. The molecule has 5 nitrogen and oxygen atoms in total. The smallest absolute Gasteiger partial charge is 0.319 e. The molecule has 1 aliphatic rings. The van der Waals surface area contributed by atoms with Crippen molar-refractivity contribution < 1.29 is 9.53 Å². The first kappa shape index (κ1) is 17.1. The largest absolute Gasteiger partial charge is 0.465 e. The van der Waals surface area contributed by atoms with E-state index in [9.17, 15) is 9.59 Å². The highest BCUT2D eigenvalue weighted by atomic mass is 35.5. The lowest BCUT2D eigenvalue weighted by Gasteiger charge is -2.16. The van der Waals surface area contributed by atoms with Gasteiger partial charge in [-0.15, -0.1) is 0 Å². The van der Waals surface area contributed by atoms with E-state index in [1.165, 1.54) is 11.8 Å². The number of ether oxygens (including phenoxy) is 1. The first-order chi connectivity index (χ1) is 12.6. The number of carbonyl (C=O) groups excluding carboxylic acids is 1. The monoisotopic (exact) mass is 386 g/mol. The van der Waals surface area contributed by atoms with Gasteiger partial charge < -0.3 is 4.74 Å². The Hall–Kier alpha value is -2.31. The number of rotatable bonds is 3. The summed E-state index contributed by atoms with van der Waals surface area (Å²) in [4.78, 5) is 29.8. The number of hydrogen-bond donors (Lipinski definition) is 0. The van der Waals surface area contributed by atoms with E-state index in [0.717, 1.165) is 5.56 Å². The van der Waals surface area contributed by atoms with E-state index in [0.29, 0.717) is 39.8 Å². The Morgan fingerprint density at radius 2 is 2.00 bits per heavy atom. The lowest BCUT2D eigenvalue weighted by Crippen LogP contribution is -2.24. The molecule has 0 aliphatic carbocycles. The molecule has 0 saturated carbocycles. The predicted octanol–water partition coefficient (Wildman–Crippen LogP) is 3.76. The van der Waals surface area contributed by atoms with Crippen LogP contribution in [0, 0.1) is 6.92 Å². The molecule has 1 fully saturated rings. The molecule has 0 radical (unpaired) electrons. The second kappa shape index (κ2) is 6.78. The van der Waals surface area contributed by atoms with Crippen molar-refractivity contribution in [3.05, 3.63) is 63.4 Å². The van der Waals surface area contributed by atoms with Crippen molar-refractivity contribution in [2.24, 2.45) is 0 Å². The molecule has 132 valence electrons. The topological polar surface area (TPSA) is 61.2 Å². The molecule has 0 bridgehead atoms. The highest BCUT2D eigenvalue weighted by molar-refractivity contribution is 8.00. The molecule has 1 aliphatic heterocycles. The van der Waals surface area contributed by atoms with Gasteiger partial charge in [0.2, 0.25) is 0 Å². The molecular formula is C19H15ClN2O3S. The van der Waals surface area contributed by atoms with Crippen molar-refractivity contribution in [3.8, 4) is 5.69 Å². The van der Waals surface area contributed by atoms with E-state index < -0.39 is 0 Å². The molecule has 1 saturated heterocycles. The van der Waals surface area contributed by atoms with Crippen LogP contribution in [0.1, 0.15) is 12.0 Å². The van der Waals surface area contributed by atoms with Crippen LogP contribution in [0.4, 0.5) is 0 Å². The molecule has 26 heavy (non-hydrogen) atoms. The first-order valence-corrected chi connectivity index (χ1v) is 9.42. The van der Waals surface area contributed by atoms with Crippen molar-refractivity contribution in [3.63, 3.8) is 0 Å². The second-order valence-corrected chi connectivity index (χ2v) is 7.58. The Kier molecular flexibility index (Phi) is 4.46. The van der Waals surface area contributed by atoms with Gasteiger partial charge in [0.05, 0.1) is 23.2 Å². The highest BCUT2D eigenvalue weighted by Crippen LogP contribution is 2.31. The number of halogens is 1. The highest BCUT2D eigenvalue weighted by Gasteiger charge is 2.30. The molecular weight excluding hydrogens is 372 g/mol. The van der Waals surface area contributed by atoms with E-state index in [2.05, 4.69) is 4.98 Å². The van der Waals surface area contributed by atoms with E-state index in [4.69, 9.17) is 16.3 Å². The zero-order valence-electron chi connectivity index (χ0n) is 13.9. The molecule has 1 atom stereocenters. The summed E-state index contributed by atoms with van der Waals surface area (Å²) in [5.74, 6) is -0.272. The zero-order valence-corrected chi connectivity index (χ0v) is 15.5. The molecule has 0 unspecified atom stereocenters. The number of esters is 1. The van der Waals surface area contributed by atoms with Crippen LogP contribution in [0.2, 0.25) is 5.02 Å². The Morgan fingerprint density at radius 3 is 2.77 bits per heavy atom. The van der Waals surface area contributed by atoms with Crippen molar-refractivity contribution in [2.75, 3.05) is 6.61 Å². The molecule has 0 N–H and O–H groups in total. The fourth-order valence-corrected chi connectivity index (χ4v) is 4.19. The summed E-state index contributed by atoms with van der Waals surface area (Å²) < 4.78 is 6.59. The fraction of sp³-hybridized carbons (Fsp3) is 0.211. The van der Waals surface area contributed by atoms with Crippen LogP contribution in [-0.2, 0) is 9.53 Å². The van der Waals surface area contributed by atoms with E-state index in [1.54, 1.807) is 28.8 Å². The maximum atomic E-state index is 13.2. The third-order valence-corrected chi connectivity index (χ3v) is 5.97. The summed E-state index contributed by atoms with van der Waals surface area (Å²) in [6.45, 7) is 2.25. The Morgan fingerprint density at radius 1 is 1.19 bits per heavy atom. The third-order valence-electron chi connectivity index (χ3n) is 4.36. The van der Waals surface area contributed by atoms with Crippen molar-refractivity contribution >= 4 is 40.2 Å². The fourth-order valence-electron chi connectivity index (χ4n) is 2.95. The number of benzene rings is 2. The lowest BCUT2D eigenvalue weighted by atomic mass is 10.2. The van der Waals surface area contributed by atoms with Gasteiger partial charge in [-0.2, -0.15) is 0 Å². The van der Waals surface area contributed by atoms with E-state index >= 15 is 0 Å². The minimum atomic E-state index is -0.367. The van der Waals surface area contributed by atoms with Crippen molar-refractivity contribution in [2.45, 2.75) is 23.8 Å². The maximum absolute atomic E-state index is 13.2. The summed E-state index contributed by atoms with van der Waals surface area (Å²) in [5.41, 5.74) is 1.86. The van der Waals surface area contributed by atoms with Gasteiger partial charge in [0, 0.05) is 11.4 Å². The van der Waals surface area contributed by atoms with Crippen LogP contribution in [0.5, 0.6) is 0 Å². The first-order valence-electron chi connectivity index (χ1n) is 8.17. The molecule has 7 heteroatoms. The van der Waals surface area contributed by atoms with Gasteiger partial charge in [0.1, 0.15) is 5.25 Å². The van der Waals surface area contributed by atoms with Crippen LogP contribution < -0.4 is 5.56 Å². The third kappa shape index (κ3) is 2.89. The number of aromatic nitrogens is 2. The second-order valence-electron chi connectivity index (χ2n) is 6.00. The van der Waals surface area contributed by atoms with Gasteiger partial charge in [-0.05, 0) is 36.8 Å². The Labute approximate surface area is 159 Å². The Balaban J connectivity index is 1.98. The average molecular weight is 387 g/mol. The number of hydrogen-bond acceptors (Lipinski definition) is 5. The van der Waals surface area contributed by atoms with Gasteiger partial charge >= 0.3 is 5.97 Å². The molecule has 3 aromatic rings. The number of fused-ring (bicyclic) bond motifs is 1. The quantitative estimate of drug-likeness (QED) is 0.506. The summed E-state index contributed by atoms with van der Waals surface area (Å²) in [6, 6.07) is 12.6. The van der Waals surface area contributed by atoms with Gasteiger partial charge in [0.25, 0.3) is 5.56 Å². The standard InChI is InChI=1S/C19H15ClN2O3S/c1-11-13(20)6-4-8-15(11)22-17(23)12-5-2-3-7-14(12)21-19(22)26-16-9-10-25-18(16)24/h2-8,16H,9-10H2,1H3/t16-/m0/s1. The van der Waals surface area contributed by atoms with Crippen LogP contribution in [-0.4, -0.2) is 27.4 Å². The number of para-hydroxylation sites is 1. The minimum absolute atomic E-state index is 0.185. The summed E-state index contributed by atoms with van der Waals surface area (Å²) in [6.07, 6.45) is 0.598. The van der Waals surface area contributed by atoms with Gasteiger partial charge in [0.15, 0.2) is 5.16 Å². The number of nitrogens with zero attached hydrogens (tertiary/aromatic N) is 2. The maximum Gasteiger partial charge on any atom is 0.319 e. The summed E-state index contributed by atoms with van der Waals surface area (Å²) >= 11 is 7.52. The van der Waals surface area contributed by atoms with Crippen LogP contribution in [0.3, 0.4) is 0 Å². The van der Waals surface area contributed by atoms with Gasteiger partial charge in [-0.25, -0.2) is 4.98 Å². The van der Waals surface area contributed by atoms with E-state index in [1.807, 2.05) is 25.1 Å². The molecule has 0 amide bonds. The SMILES string of the molecule is Cc1c(Cl)cccc1-n1c(S[C@H]2CCOC2=O)nc2ccccc2c1=O. The number of carbonyl (C=O) groups is 1. The lowest BCUT2D eigenvalue weighted by molar-refractivity contribution is -0.137. The van der Waals surface area contributed by atoms with Crippen LogP contribution in [0.15, 0.2) is 52.4 Å². The number of thioether (sulfide) groups is 1. The van der Waals surface area contributed by atoms with Crippen molar-refractivity contribution in [1.29, 1.82) is 0 Å². The number of cyclic esters (lactones) is 1. The molecule has 4 rings (SSSR count). The van der Waals surface area contributed by atoms with Crippen LogP contribution in [0.25, 0.3) is 16.6 Å². The molecule has 0 spiro atoms. The molecule has 1 aromatic heterocycles. The minimum Gasteiger partial charge on any atom is -0.465 e. The Bertz CT molecular complexity index is 1080. The van der Waals surface area contributed by atoms with Crippen LogP contribution >= 0.6 is 23.4 Å². The predicted molar refractivity (Wildman–Crippen MR) is 102 cm³/mol. The summed E-state index contributed by atoms with van der Waals surface area (Å²) in [7, 11) is 0. The van der Waals surface area contributed by atoms with Gasteiger partial charge in [-0.1, -0.05) is 41.6 Å². The normalized spacial score (nSPS) is 16.8. The van der Waals surface area contributed by atoms with Crippen molar-refractivity contribution in [1.82, 2.24) is 9.55 Å².